The van der Waals surface area contributed by atoms with E-state index in [2.05, 4.69) is 19.1 Å². The molecule has 148 valence electrons. The number of ether oxygens (including phenoxy) is 1. The fourth-order valence-electron chi connectivity index (χ4n) is 4.31. The molecule has 0 N–H and O–H groups in total. The molecular formula is C22H32N2O3. The zero-order chi connectivity index (χ0) is 19.1. The molecule has 1 atom stereocenters. The third-order valence-electron chi connectivity index (χ3n) is 5.90. The molecule has 5 heteroatoms. The minimum Gasteiger partial charge on any atom is -0.449 e. The zero-order valence-electron chi connectivity index (χ0n) is 16.5. The highest BCUT2D eigenvalue weighted by Crippen LogP contribution is 2.39. The van der Waals surface area contributed by atoms with Gasteiger partial charge in [-0.25, -0.2) is 4.79 Å². The van der Waals surface area contributed by atoms with Crippen molar-refractivity contribution in [2.24, 2.45) is 5.41 Å². The van der Waals surface area contributed by atoms with Gasteiger partial charge in [-0.1, -0.05) is 43.7 Å². The molecule has 2 saturated heterocycles. The Morgan fingerprint density at radius 2 is 2.00 bits per heavy atom. The van der Waals surface area contributed by atoms with Crippen LogP contribution in [0.15, 0.2) is 30.3 Å². The average Bonchev–Trinajstić information content (AvgIpc) is 2.70. The van der Waals surface area contributed by atoms with Crippen molar-refractivity contribution in [2.75, 3.05) is 32.8 Å². The second kappa shape index (κ2) is 9.25. The number of hydrogen-bond acceptors (Lipinski definition) is 3. The second-order valence-electron chi connectivity index (χ2n) is 8.04. The highest BCUT2D eigenvalue weighted by molar-refractivity contribution is 5.77. The summed E-state index contributed by atoms with van der Waals surface area (Å²) in [5, 5.41) is 0. The summed E-state index contributed by atoms with van der Waals surface area (Å²) in [4.78, 5) is 28.7. The third kappa shape index (κ3) is 5.24. The summed E-state index contributed by atoms with van der Waals surface area (Å²) < 4.78 is 5.42. The Balaban J connectivity index is 1.57. The summed E-state index contributed by atoms with van der Waals surface area (Å²) in [7, 11) is 0. The number of rotatable bonds is 6. The SMILES string of the molecule is CCCCOC(=O)N1CCC[C@]2(CCC(=O)N(CCc3ccccc3)C2)C1. The molecule has 0 radical (unpaired) electrons. The number of carbonyl (C=O) groups is 2. The fraction of sp³-hybridized carbons (Fsp3) is 0.636. The van der Waals surface area contributed by atoms with Gasteiger partial charge in [-0.3, -0.25) is 4.79 Å². The topological polar surface area (TPSA) is 49.9 Å². The third-order valence-corrected chi connectivity index (χ3v) is 5.90. The molecule has 5 nitrogen and oxygen atoms in total. The zero-order valence-corrected chi connectivity index (χ0v) is 16.5. The molecule has 2 aliphatic rings. The normalized spacial score (nSPS) is 22.9. The van der Waals surface area contributed by atoms with Crippen LogP contribution in [-0.2, 0) is 16.0 Å². The Morgan fingerprint density at radius 1 is 1.19 bits per heavy atom. The molecule has 2 fully saturated rings. The standard InChI is InChI=1S/C22H32N2O3/c1-2-3-16-27-21(26)24-14-7-12-22(18-24)13-10-20(25)23(17-22)15-11-19-8-5-4-6-9-19/h4-6,8-9H,2-3,7,10-18H2,1H3/t22-/m1/s1. The number of amides is 2. The maximum Gasteiger partial charge on any atom is 0.409 e. The van der Waals surface area contributed by atoms with Crippen LogP contribution in [0.4, 0.5) is 4.79 Å². The molecule has 1 spiro atoms. The number of nitrogens with zero attached hydrogens (tertiary/aromatic N) is 2. The van der Waals surface area contributed by atoms with Gasteiger partial charge in [-0.2, -0.15) is 0 Å². The van der Waals surface area contributed by atoms with E-state index in [0.29, 0.717) is 19.6 Å². The van der Waals surface area contributed by atoms with Crippen molar-refractivity contribution in [1.29, 1.82) is 0 Å². The number of carbonyl (C=O) groups excluding carboxylic acids is 2. The van der Waals surface area contributed by atoms with E-state index < -0.39 is 0 Å². The molecule has 2 aliphatic heterocycles. The van der Waals surface area contributed by atoms with Gasteiger partial charge in [-0.15, -0.1) is 0 Å². The van der Waals surface area contributed by atoms with E-state index in [1.165, 1.54) is 5.56 Å². The van der Waals surface area contributed by atoms with E-state index in [-0.39, 0.29) is 17.4 Å². The van der Waals surface area contributed by atoms with Crippen LogP contribution in [0.5, 0.6) is 0 Å². The van der Waals surface area contributed by atoms with Gasteiger partial charge in [0.1, 0.15) is 0 Å². The number of hydrogen-bond donors (Lipinski definition) is 0. The molecule has 2 amide bonds. The minimum absolute atomic E-state index is 0.0343. The fourth-order valence-corrected chi connectivity index (χ4v) is 4.31. The smallest absolute Gasteiger partial charge is 0.409 e. The van der Waals surface area contributed by atoms with Crippen molar-refractivity contribution in [3.8, 4) is 0 Å². The highest BCUT2D eigenvalue weighted by atomic mass is 16.6. The van der Waals surface area contributed by atoms with Crippen molar-refractivity contribution in [1.82, 2.24) is 9.80 Å². The summed E-state index contributed by atoms with van der Waals surface area (Å²) in [6, 6.07) is 10.3. The molecule has 0 saturated carbocycles. The van der Waals surface area contributed by atoms with E-state index >= 15 is 0 Å². The molecule has 0 unspecified atom stereocenters. The van der Waals surface area contributed by atoms with Gasteiger partial charge >= 0.3 is 6.09 Å². The Bertz CT molecular complexity index is 634. The van der Waals surface area contributed by atoms with Gasteiger partial charge in [0, 0.05) is 38.0 Å². The maximum atomic E-state index is 12.5. The Labute approximate surface area is 162 Å². The first-order valence-corrected chi connectivity index (χ1v) is 10.4. The molecule has 0 aliphatic carbocycles. The first kappa shape index (κ1) is 19.7. The van der Waals surface area contributed by atoms with Gasteiger partial charge in [-0.05, 0) is 37.7 Å². The van der Waals surface area contributed by atoms with Crippen molar-refractivity contribution in [3.63, 3.8) is 0 Å². The van der Waals surface area contributed by atoms with Crippen molar-refractivity contribution < 1.29 is 14.3 Å². The van der Waals surface area contributed by atoms with Crippen molar-refractivity contribution >= 4 is 12.0 Å². The van der Waals surface area contributed by atoms with Crippen LogP contribution in [0.3, 0.4) is 0 Å². The molecule has 0 bridgehead atoms. The number of likely N-dealkylation sites (tertiary alicyclic amines) is 2. The number of benzene rings is 1. The van der Waals surface area contributed by atoms with Gasteiger partial charge in [0.25, 0.3) is 0 Å². The van der Waals surface area contributed by atoms with Crippen molar-refractivity contribution in [3.05, 3.63) is 35.9 Å². The van der Waals surface area contributed by atoms with E-state index in [0.717, 1.165) is 58.2 Å². The van der Waals surface area contributed by atoms with Crippen molar-refractivity contribution in [2.45, 2.75) is 51.9 Å². The molecular weight excluding hydrogens is 340 g/mol. The van der Waals surface area contributed by atoms with Crippen LogP contribution in [0.1, 0.15) is 51.0 Å². The lowest BCUT2D eigenvalue weighted by atomic mass is 9.73. The van der Waals surface area contributed by atoms with Crippen LogP contribution < -0.4 is 0 Å². The van der Waals surface area contributed by atoms with Gasteiger partial charge < -0.3 is 14.5 Å². The molecule has 3 rings (SSSR count). The van der Waals surface area contributed by atoms with Gasteiger partial charge in [0.2, 0.25) is 5.91 Å². The lowest BCUT2D eigenvalue weighted by Crippen LogP contribution is -2.55. The first-order chi connectivity index (χ1) is 13.1. The highest BCUT2D eigenvalue weighted by Gasteiger charge is 2.42. The predicted molar refractivity (Wildman–Crippen MR) is 105 cm³/mol. The molecule has 2 heterocycles. The lowest BCUT2D eigenvalue weighted by molar-refractivity contribution is -0.139. The summed E-state index contributed by atoms with van der Waals surface area (Å²) in [6.45, 7) is 5.59. The first-order valence-electron chi connectivity index (χ1n) is 10.4. The lowest BCUT2D eigenvalue weighted by Gasteiger charge is -2.48. The van der Waals surface area contributed by atoms with E-state index in [1.54, 1.807) is 0 Å². The maximum absolute atomic E-state index is 12.5. The average molecular weight is 373 g/mol. The van der Waals surface area contributed by atoms with Crippen LogP contribution in [-0.4, -0.2) is 54.6 Å². The molecule has 0 aromatic heterocycles. The number of piperidine rings is 2. The van der Waals surface area contributed by atoms with E-state index in [4.69, 9.17) is 4.74 Å². The summed E-state index contributed by atoms with van der Waals surface area (Å²) in [5.74, 6) is 0.249. The summed E-state index contributed by atoms with van der Waals surface area (Å²) in [5.41, 5.74) is 1.29. The van der Waals surface area contributed by atoms with Gasteiger partial charge in [0.05, 0.1) is 6.61 Å². The van der Waals surface area contributed by atoms with Crippen LogP contribution in [0.2, 0.25) is 0 Å². The van der Waals surface area contributed by atoms with E-state index in [1.807, 2.05) is 28.0 Å². The second-order valence-corrected chi connectivity index (χ2v) is 8.04. The van der Waals surface area contributed by atoms with Crippen LogP contribution >= 0.6 is 0 Å². The van der Waals surface area contributed by atoms with Crippen LogP contribution in [0.25, 0.3) is 0 Å². The summed E-state index contributed by atoms with van der Waals surface area (Å²) >= 11 is 0. The Kier molecular flexibility index (Phi) is 6.75. The quantitative estimate of drug-likeness (QED) is 0.712. The minimum atomic E-state index is -0.185. The molecule has 1 aromatic carbocycles. The Morgan fingerprint density at radius 3 is 2.78 bits per heavy atom. The monoisotopic (exact) mass is 372 g/mol. The largest absolute Gasteiger partial charge is 0.449 e. The predicted octanol–water partition coefficient (Wildman–Crippen LogP) is 3.87. The van der Waals surface area contributed by atoms with Crippen LogP contribution in [0, 0.1) is 5.41 Å². The Hall–Kier alpha value is -2.04. The molecule has 27 heavy (non-hydrogen) atoms. The number of unbranched alkanes of at least 4 members (excludes halogenated alkanes) is 1. The molecule has 1 aromatic rings. The van der Waals surface area contributed by atoms with Gasteiger partial charge in [0.15, 0.2) is 0 Å². The summed E-state index contributed by atoms with van der Waals surface area (Å²) in [6.07, 6.45) is 6.17. The van der Waals surface area contributed by atoms with E-state index in [9.17, 15) is 9.59 Å².